The molecule has 1 aromatic carbocycles. The summed E-state index contributed by atoms with van der Waals surface area (Å²) in [5.74, 6) is 0.354. The van der Waals surface area contributed by atoms with Crippen molar-refractivity contribution in [1.29, 1.82) is 0 Å². The van der Waals surface area contributed by atoms with Crippen LogP contribution in [0.15, 0.2) is 24.3 Å². The van der Waals surface area contributed by atoms with E-state index in [4.69, 9.17) is 12.2 Å². The lowest BCUT2D eigenvalue weighted by Gasteiger charge is -2.23. The predicted molar refractivity (Wildman–Crippen MR) is 72.5 cm³/mol. The first-order valence-corrected chi connectivity index (χ1v) is 7.78. The van der Waals surface area contributed by atoms with Crippen molar-refractivity contribution in [2.75, 3.05) is 16.4 Å². The highest BCUT2D eigenvalue weighted by atomic mass is 32.2. The minimum atomic E-state index is -3.01. The monoisotopic (exact) mass is 284 g/mol. The van der Waals surface area contributed by atoms with Crippen molar-refractivity contribution in [3.8, 4) is 5.75 Å². The van der Waals surface area contributed by atoms with Crippen molar-refractivity contribution < 1.29 is 13.5 Å². The highest BCUT2D eigenvalue weighted by molar-refractivity contribution is 7.91. The Morgan fingerprint density at radius 1 is 1.39 bits per heavy atom. The molecule has 2 aliphatic rings. The second kappa shape index (κ2) is 3.83. The smallest absolute Gasteiger partial charge is 0.174 e. The molecule has 2 fully saturated rings. The van der Waals surface area contributed by atoms with Crippen LogP contribution in [0, 0.1) is 0 Å². The maximum atomic E-state index is 11.6. The second-order valence-electron chi connectivity index (χ2n) is 4.59. The zero-order valence-electron chi connectivity index (χ0n) is 9.41. The van der Waals surface area contributed by atoms with Crippen LogP contribution in [0.3, 0.4) is 0 Å². The maximum absolute atomic E-state index is 11.6. The van der Waals surface area contributed by atoms with Crippen LogP contribution < -0.4 is 10.2 Å². The number of anilines is 1. The van der Waals surface area contributed by atoms with Gasteiger partial charge in [0.15, 0.2) is 14.9 Å². The molecule has 0 unspecified atom stereocenters. The molecule has 7 heteroatoms. The number of nitrogens with zero attached hydrogens (tertiary/aromatic N) is 1. The van der Waals surface area contributed by atoms with Crippen LogP contribution in [0.4, 0.5) is 5.69 Å². The first-order chi connectivity index (χ1) is 8.46. The number of fused-ring (bicyclic) bond motifs is 1. The Morgan fingerprint density at radius 3 is 2.89 bits per heavy atom. The molecule has 0 aromatic heterocycles. The molecule has 18 heavy (non-hydrogen) atoms. The van der Waals surface area contributed by atoms with Gasteiger partial charge in [-0.05, 0) is 24.4 Å². The zero-order chi connectivity index (χ0) is 12.9. The van der Waals surface area contributed by atoms with Gasteiger partial charge in [-0.1, -0.05) is 6.07 Å². The van der Waals surface area contributed by atoms with Crippen LogP contribution in [0.2, 0.25) is 0 Å². The summed E-state index contributed by atoms with van der Waals surface area (Å²) in [4.78, 5) is 1.78. The molecule has 2 heterocycles. The first-order valence-electron chi connectivity index (χ1n) is 5.55. The lowest BCUT2D eigenvalue weighted by Crippen LogP contribution is -2.36. The van der Waals surface area contributed by atoms with E-state index >= 15 is 0 Å². The lowest BCUT2D eigenvalue weighted by atomic mass is 10.1. The van der Waals surface area contributed by atoms with Gasteiger partial charge in [-0.3, -0.25) is 0 Å². The van der Waals surface area contributed by atoms with Gasteiger partial charge in [-0.25, -0.2) is 8.42 Å². The normalized spacial score (nSPS) is 29.1. The number of nitrogens with one attached hydrogen (secondary N) is 1. The molecule has 5 nitrogen and oxygen atoms in total. The van der Waals surface area contributed by atoms with Crippen LogP contribution in [-0.2, 0) is 9.84 Å². The lowest BCUT2D eigenvalue weighted by molar-refractivity contribution is 0.475. The maximum Gasteiger partial charge on any atom is 0.174 e. The molecule has 96 valence electrons. The Morgan fingerprint density at radius 2 is 2.17 bits per heavy atom. The molecule has 3 rings (SSSR count). The van der Waals surface area contributed by atoms with Gasteiger partial charge in [0.05, 0.1) is 23.6 Å². The zero-order valence-corrected chi connectivity index (χ0v) is 11.0. The molecule has 0 amide bonds. The fourth-order valence-corrected chi connectivity index (χ4v) is 4.83. The summed E-state index contributed by atoms with van der Waals surface area (Å²) in [6.07, 6.45) is 0. The number of thiocarbonyl (C=S) groups is 1. The highest BCUT2D eigenvalue weighted by Crippen LogP contribution is 2.31. The molecule has 0 saturated carbocycles. The molecule has 0 aliphatic carbocycles. The number of rotatable bonds is 1. The Labute approximate surface area is 110 Å². The molecule has 1 aromatic rings. The standard InChI is InChI=1S/C11H12N2O3S2/c14-8-3-1-2-7(4-8)13-10-6-18(15,16)5-9(10)12-11(13)17/h1-4,9-10,14H,5-6H2,(H,12,17)/t9-,10+/m1/s1. The summed E-state index contributed by atoms with van der Waals surface area (Å²) in [5, 5.41) is 13.0. The molecule has 0 bridgehead atoms. The third-order valence-electron chi connectivity index (χ3n) is 3.29. The van der Waals surface area contributed by atoms with Gasteiger partial charge < -0.3 is 15.3 Å². The van der Waals surface area contributed by atoms with E-state index in [9.17, 15) is 13.5 Å². The van der Waals surface area contributed by atoms with E-state index in [0.717, 1.165) is 5.69 Å². The van der Waals surface area contributed by atoms with E-state index in [1.54, 1.807) is 29.2 Å². The summed E-state index contributed by atoms with van der Waals surface area (Å²) in [6, 6.07) is 6.35. The van der Waals surface area contributed by atoms with Crippen LogP contribution in [0.25, 0.3) is 0 Å². The summed E-state index contributed by atoms with van der Waals surface area (Å²) in [5.41, 5.74) is 0.720. The quantitative estimate of drug-likeness (QED) is 0.721. The number of aromatic hydroxyl groups is 1. The Balaban J connectivity index is 1.99. The number of hydrogen-bond donors (Lipinski definition) is 2. The van der Waals surface area contributed by atoms with Gasteiger partial charge >= 0.3 is 0 Å². The van der Waals surface area contributed by atoms with Crippen molar-refractivity contribution in [2.45, 2.75) is 12.1 Å². The number of hydrogen-bond acceptors (Lipinski definition) is 4. The third kappa shape index (κ3) is 1.83. The topological polar surface area (TPSA) is 69.6 Å². The minimum absolute atomic E-state index is 0.0977. The molecule has 2 saturated heterocycles. The van der Waals surface area contributed by atoms with Gasteiger partial charge in [0.25, 0.3) is 0 Å². The van der Waals surface area contributed by atoms with Gasteiger partial charge in [0, 0.05) is 11.8 Å². The molecule has 0 spiro atoms. The summed E-state index contributed by atoms with van der Waals surface area (Å²) in [6.45, 7) is 0. The van der Waals surface area contributed by atoms with E-state index in [2.05, 4.69) is 5.32 Å². The second-order valence-corrected chi connectivity index (χ2v) is 7.13. The molecule has 2 N–H and O–H groups in total. The number of sulfone groups is 1. The number of phenolic OH excluding ortho intramolecular Hbond substituents is 1. The molecular weight excluding hydrogens is 272 g/mol. The Kier molecular flexibility index (Phi) is 2.49. The minimum Gasteiger partial charge on any atom is -0.508 e. The van der Waals surface area contributed by atoms with Crippen molar-refractivity contribution in [1.82, 2.24) is 5.32 Å². The van der Waals surface area contributed by atoms with Gasteiger partial charge in [-0.2, -0.15) is 0 Å². The summed E-state index contributed by atoms with van der Waals surface area (Å²) < 4.78 is 23.3. The van der Waals surface area contributed by atoms with E-state index in [1.165, 1.54) is 0 Å². The van der Waals surface area contributed by atoms with Crippen molar-refractivity contribution in [3.63, 3.8) is 0 Å². The average molecular weight is 284 g/mol. The molecule has 0 radical (unpaired) electrons. The van der Waals surface area contributed by atoms with Crippen molar-refractivity contribution in [2.24, 2.45) is 0 Å². The average Bonchev–Trinajstić information content (AvgIpc) is 2.68. The number of benzene rings is 1. The molecular formula is C11H12N2O3S2. The van der Waals surface area contributed by atoms with E-state index in [0.29, 0.717) is 5.11 Å². The molecule has 2 aliphatic heterocycles. The summed E-state index contributed by atoms with van der Waals surface area (Å²) >= 11 is 5.23. The predicted octanol–water partition coefficient (Wildman–Crippen LogP) is 0.252. The van der Waals surface area contributed by atoms with Gasteiger partial charge in [-0.15, -0.1) is 0 Å². The summed E-state index contributed by atoms with van der Waals surface area (Å²) in [7, 11) is -3.01. The Hall–Kier alpha value is -1.34. The fourth-order valence-electron chi connectivity index (χ4n) is 2.55. The number of phenols is 1. The first kappa shape index (κ1) is 11.7. The van der Waals surface area contributed by atoms with Crippen LogP contribution in [-0.4, -0.2) is 42.2 Å². The van der Waals surface area contributed by atoms with E-state index in [-0.39, 0.29) is 29.3 Å². The fraction of sp³-hybridized carbons (Fsp3) is 0.364. The van der Waals surface area contributed by atoms with E-state index in [1.807, 2.05) is 0 Å². The van der Waals surface area contributed by atoms with Crippen LogP contribution in [0.1, 0.15) is 0 Å². The van der Waals surface area contributed by atoms with Crippen molar-refractivity contribution >= 4 is 32.9 Å². The van der Waals surface area contributed by atoms with E-state index < -0.39 is 9.84 Å². The SMILES string of the molecule is O=S1(=O)C[C@H]2NC(=S)N(c3cccc(O)c3)[C@H]2C1. The van der Waals surface area contributed by atoms with Crippen molar-refractivity contribution in [3.05, 3.63) is 24.3 Å². The largest absolute Gasteiger partial charge is 0.508 e. The van der Waals surface area contributed by atoms with Crippen LogP contribution >= 0.6 is 12.2 Å². The third-order valence-corrected chi connectivity index (χ3v) is 5.32. The van der Waals surface area contributed by atoms with Gasteiger partial charge in [0.1, 0.15) is 5.75 Å². The van der Waals surface area contributed by atoms with Crippen LogP contribution in [0.5, 0.6) is 5.75 Å². The molecule has 2 atom stereocenters. The Bertz CT molecular complexity index is 614. The highest BCUT2D eigenvalue weighted by Gasteiger charge is 2.47. The van der Waals surface area contributed by atoms with Gasteiger partial charge in [0.2, 0.25) is 0 Å².